The van der Waals surface area contributed by atoms with Crippen LogP contribution in [-0.2, 0) is 4.74 Å². The molecule has 2 aliphatic rings. The van der Waals surface area contributed by atoms with Crippen LogP contribution in [0.1, 0.15) is 53.4 Å². The maximum absolute atomic E-state index is 6.20. The first-order valence-electron chi connectivity index (χ1n) is 7.49. The lowest BCUT2D eigenvalue weighted by Crippen LogP contribution is -2.62. The molecule has 1 atom stereocenters. The molecule has 1 heterocycles. The summed E-state index contributed by atoms with van der Waals surface area (Å²) in [5.74, 6) is 0.918. The van der Waals surface area contributed by atoms with Crippen LogP contribution in [0.4, 0.5) is 0 Å². The van der Waals surface area contributed by atoms with Crippen molar-refractivity contribution in [2.75, 3.05) is 19.7 Å². The molecule has 0 spiro atoms. The number of rotatable bonds is 5. The SMILES string of the molecule is CC(C)N(CC1CC1)C1(CN)CCOC(C)(C)C1. The quantitative estimate of drug-likeness (QED) is 0.819. The second-order valence-electron chi connectivity index (χ2n) is 7.15. The van der Waals surface area contributed by atoms with Gasteiger partial charge in [-0.2, -0.15) is 0 Å². The zero-order valence-corrected chi connectivity index (χ0v) is 12.5. The van der Waals surface area contributed by atoms with Gasteiger partial charge in [0.25, 0.3) is 0 Å². The van der Waals surface area contributed by atoms with Crippen LogP contribution in [0.2, 0.25) is 0 Å². The highest BCUT2D eigenvalue weighted by molar-refractivity contribution is 5.01. The zero-order valence-electron chi connectivity index (χ0n) is 12.5. The molecular weight excluding hydrogens is 224 g/mol. The molecule has 0 aromatic rings. The summed E-state index contributed by atoms with van der Waals surface area (Å²) in [5.41, 5.74) is 6.31. The Bertz CT molecular complexity index is 286. The van der Waals surface area contributed by atoms with Gasteiger partial charge < -0.3 is 10.5 Å². The van der Waals surface area contributed by atoms with E-state index < -0.39 is 0 Å². The molecule has 3 heteroatoms. The fourth-order valence-electron chi connectivity index (χ4n) is 3.52. The summed E-state index contributed by atoms with van der Waals surface area (Å²) < 4.78 is 5.89. The monoisotopic (exact) mass is 254 g/mol. The van der Waals surface area contributed by atoms with Crippen LogP contribution in [-0.4, -0.2) is 41.8 Å². The maximum atomic E-state index is 6.20. The normalized spacial score (nSPS) is 32.2. The smallest absolute Gasteiger partial charge is 0.0644 e. The minimum Gasteiger partial charge on any atom is -0.375 e. The van der Waals surface area contributed by atoms with Gasteiger partial charge in [0.15, 0.2) is 0 Å². The van der Waals surface area contributed by atoms with Crippen molar-refractivity contribution >= 4 is 0 Å². The van der Waals surface area contributed by atoms with Gasteiger partial charge in [0.05, 0.1) is 5.60 Å². The number of hydrogen-bond acceptors (Lipinski definition) is 3. The molecule has 0 amide bonds. The van der Waals surface area contributed by atoms with E-state index in [4.69, 9.17) is 10.5 Å². The molecule has 2 N–H and O–H groups in total. The summed E-state index contributed by atoms with van der Waals surface area (Å²) in [6, 6.07) is 0.572. The molecule has 1 saturated carbocycles. The second-order valence-corrected chi connectivity index (χ2v) is 7.15. The van der Waals surface area contributed by atoms with Gasteiger partial charge in [-0.25, -0.2) is 0 Å². The Morgan fingerprint density at radius 3 is 2.44 bits per heavy atom. The molecule has 3 nitrogen and oxygen atoms in total. The van der Waals surface area contributed by atoms with Crippen molar-refractivity contribution in [2.24, 2.45) is 11.7 Å². The number of nitrogens with two attached hydrogens (primary N) is 1. The third-order valence-electron chi connectivity index (χ3n) is 4.58. The first kappa shape index (κ1) is 14.3. The Morgan fingerprint density at radius 1 is 1.33 bits per heavy atom. The summed E-state index contributed by atoms with van der Waals surface area (Å²) >= 11 is 0. The van der Waals surface area contributed by atoms with Crippen molar-refractivity contribution < 1.29 is 4.74 Å². The van der Waals surface area contributed by atoms with E-state index in [1.807, 2.05) is 0 Å². The number of hydrogen-bond donors (Lipinski definition) is 1. The topological polar surface area (TPSA) is 38.5 Å². The van der Waals surface area contributed by atoms with Crippen molar-refractivity contribution in [1.82, 2.24) is 4.90 Å². The number of ether oxygens (including phenoxy) is 1. The molecule has 1 unspecified atom stereocenters. The highest BCUT2D eigenvalue weighted by Gasteiger charge is 2.46. The van der Waals surface area contributed by atoms with Crippen molar-refractivity contribution in [1.29, 1.82) is 0 Å². The highest BCUT2D eigenvalue weighted by Crippen LogP contribution is 2.40. The van der Waals surface area contributed by atoms with Crippen LogP contribution in [0.3, 0.4) is 0 Å². The van der Waals surface area contributed by atoms with Gasteiger partial charge in [0.2, 0.25) is 0 Å². The van der Waals surface area contributed by atoms with Crippen LogP contribution >= 0.6 is 0 Å². The van der Waals surface area contributed by atoms with Crippen LogP contribution in [0, 0.1) is 5.92 Å². The Balaban J connectivity index is 2.16. The Hall–Kier alpha value is -0.120. The van der Waals surface area contributed by atoms with E-state index in [1.54, 1.807) is 0 Å². The molecule has 0 bridgehead atoms. The van der Waals surface area contributed by atoms with Gasteiger partial charge >= 0.3 is 0 Å². The first-order valence-corrected chi connectivity index (χ1v) is 7.49. The zero-order chi connectivity index (χ0) is 13.4. The van der Waals surface area contributed by atoms with E-state index in [9.17, 15) is 0 Å². The van der Waals surface area contributed by atoms with E-state index in [0.29, 0.717) is 6.04 Å². The lowest BCUT2D eigenvalue weighted by molar-refractivity contribution is -0.125. The molecule has 18 heavy (non-hydrogen) atoms. The van der Waals surface area contributed by atoms with Gasteiger partial charge in [-0.05, 0) is 59.3 Å². The maximum Gasteiger partial charge on any atom is 0.0644 e. The molecular formula is C15H30N2O. The average molecular weight is 254 g/mol. The van der Waals surface area contributed by atoms with E-state index in [2.05, 4.69) is 32.6 Å². The van der Waals surface area contributed by atoms with E-state index in [0.717, 1.165) is 31.9 Å². The molecule has 0 aromatic heterocycles. The summed E-state index contributed by atoms with van der Waals surface area (Å²) in [7, 11) is 0. The lowest BCUT2D eigenvalue weighted by Gasteiger charge is -2.52. The fourth-order valence-corrected chi connectivity index (χ4v) is 3.52. The predicted molar refractivity (Wildman–Crippen MR) is 75.6 cm³/mol. The summed E-state index contributed by atoms with van der Waals surface area (Å²) in [6.07, 6.45) is 4.95. The second kappa shape index (κ2) is 5.10. The highest BCUT2D eigenvalue weighted by atomic mass is 16.5. The molecule has 106 valence electrons. The minimum atomic E-state index is -0.0334. The Morgan fingerprint density at radius 2 is 2.00 bits per heavy atom. The van der Waals surface area contributed by atoms with Gasteiger partial charge in [-0.15, -0.1) is 0 Å². The van der Waals surface area contributed by atoms with Crippen molar-refractivity contribution in [3.05, 3.63) is 0 Å². The molecule has 1 saturated heterocycles. The van der Waals surface area contributed by atoms with Gasteiger partial charge in [-0.3, -0.25) is 4.90 Å². The summed E-state index contributed by atoms with van der Waals surface area (Å²) in [5, 5.41) is 0. The molecule has 1 aliphatic carbocycles. The van der Waals surface area contributed by atoms with E-state index in [1.165, 1.54) is 19.4 Å². The lowest BCUT2D eigenvalue weighted by atomic mass is 9.79. The van der Waals surface area contributed by atoms with E-state index in [-0.39, 0.29) is 11.1 Å². The van der Waals surface area contributed by atoms with Crippen molar-refractivity contribution in [2.45, 2.75) is 70.6 Å². The Labute approximate surface area is 112 Å². The minimum absolute atomic E-state index is 0.0334. The van der Waals surface area contributed by atoms with Crippen LogP contribution in [0.5, 0.6) is 0 Å². The molecule has 2 fully saturated rings. The van der Waals surface area contributed by atoms with Crippen LogP contribution in [0.25, 0.3) is 0 Å². The third-order valence-corrected chi connectivity index (χ3v) is 4.58. The Kier molecular flexibility index (Phi) is 4.05. The van der Waals surface area contributed by atoms with Crippen LogP contribution < -0.4 is 5.73 Å². The van der Waals surface area contributed by atoms with Crippen molar-refractivity contribution in [3.63, 3.8) is 0 Å². The average Bonchev–Trinajstić information content (AvgIpc) is 3.07. The van der Waals surface area contributed by atoms with Gasteiger partial charge in [0, 0.05) is 31.3 Å². The van der Waals surface area contributed by atoms with Gasteiger partial charge in [-0.1, -0.05) is 0 Å². The van der Waals surface area contributed by atoms with Crippen molar-refractivity contribution in [3.8, 4) is 0 Å². The third kappa shape index (κ3) is 3.06. The largest absolute Gasteiger partial charge is 0.375 e. The van der Waals surface area contributed by atoms with E-state index >= 15 is 0 Å². The molecule has 2 rings (SSSR count). The first-order chi connectivity index (χ1) is 8.38. The summed E-state index contributed by atoms with van der Waals surface area (Å²) in [4.78, 5) is 2.68. The van der Waals surface area contributed by atoms with Gasteiger partial charge in [0.1, 0.15) is 0 Å². The summed E-state index contributed by atoms with van der Waals surface area (Å²) in [6.45, 7) is 11.8. The van der Waals surface area contributed by atoms with Crippen LogP contribution in [0.15, 0.2) is 0 Å². The molecule has 0 aromatic carbocycles. The standard InChI is InChI=1S/C15H30N2O/c1-12(2)17(9-13-5-6-13)15(11-16)7-8-18-14(3,4)10-15/h12-13H,5-11,16H2,1-4H3. The molecule has 0 radical (unpaired) electrons. The number of nitrogens with zero attached hydrogens (tertiary/aromatic N) is 1. The fraction of sp³-hybridized carbons (Fsp3) is 1.00. The predicted octanol–water partition coefficient (Wildman–Crippen LogP) is 2.39. The molecule has 1 aliphatic heterocycles.